The Morgan fingerprint density at radius 3 is 2.86 bits per heavy atom. The van der Waals surface area contributed by atoms with Crippen molar-refractivity contribution in [1.82, 2.24) is 14.4 Å². The van der Waals surface area contributed by atoms with Crippen molar-refractivity contribution in [2.75, 3.05) is 5.75 Å². The van der Waals surface area contributed by atoms with Gasteiger partial charge in [-0.2, -0.15) is 0 Å². The zero-order chi connectivity index (χ0) is 10.6. The lowest BCUT2D eigenvalue weighted by Crippen LogP contribution is -2.19. The summed E-state index contributed by atoms with van der Waals surface area (Å²) < 4.78 is 23.7. The number of hydrogen-bond acceptors (Lipinski definition) is 4. The Kier molecular flexibility index (Phi) is 3.25. The van der Waals surface area contributed by atoms with Gasteiger partial charge in [0.25, 0.3) is 10.0 Å². The molecule has 14 heavy (non-hydrogen) atoms. The summed E-state index contributed by atoms with van der Waals surface area (Å²) in [6.45, 7) is 1.68. The SMILES string of the molecule is C#CCCCS(=O)(=O)n1ncc(C)n1. The van der Waals surface area contributed by atoms with Crippen LogP contribution in [0.15, 0.2) is 6.20 Å². The van der Waals surface area contributed by atoms with Crippen molar-refractivity contribution < 1.29 is 8.42 Å². The predicted octanol–water partition coefficient (Wildman–Crippen LogP) is 0.178. The minimum atomic E-state index is -3.41. The molecular formula is C8H11N3O2S. The first-order valence-corrected chi connectivity index (χ1v) is 5.73. The summed E-state index contributed by atoms with van der Waals surface area (Å²) in [5.41, 5.74) is 0.575. The molecule has 1 rings (SSSR count). The molecule has 0 aromatic carbocycles. The van der Waals surface area contributed by atoms with Crippen molar-refractivity contribution in [3.63, 3.8) is 0 Å². The Hall–Kier alpha value is -1.35. The minimum absolute atomic E-state index is 0.0225. The van der Waals surface area contributed by atoms with E-state index in [2.05, 4.69) is 16.1 Å². The first-order valence-electron chi connectivity index (χ1n) is 4.12. The fourth-order valence-electron chi connectivity index (χ4n) is 0.892. The lowest BCUT2D eigenvalue weighted by molar-refractivity contribution is 0.566. The lowest BCUT2D eigenvalue weighted by atomic mass is 10.4. The highest BCUT2D eigenvalue weighted by Crippen LogP contribution is 1.99. The molecule has 0 atom stereocenters. The minimum Gasteiger partial charge on any atom is -0.203 e. The van der Waals surface area contributed by atoms with Crippen LogP contribution >= 0.6 is 0 Å². The van der Waals surface area contributed by atoms with E-state index >= 15 is 0 Å². The van der Waals surface area contributed by atoms with Gasteiger partial charge in [0.1, 0.15) is 0 Å². The highest BCUT2D eigenvalue weighted by atomic mass is 32.2. The Morgan fingerprint density at radius 1 is 1.64 bits per heavy atom. The van der Waals surface area contributed by atoms with Gasteiger partial charge in [-0.3, -0.25) is 0 Å². The summed E-state index contributed by atoms with van der Waals surface area (Å²) in [6, 6.07) is 0. The molecule has 0 aliphatic rings. The number of aromatic nitrogens is 3. The Balaban J connectivity index is 2.72. The van der Waals surface area contributed by atoms with Crippen molar-refractivity contribution in [2.45, 2.75) is 19.8 Å². The molecule has 0 spiro atoms. The van der Waals surface area contributed by atoms with Gasteiger partial charge < -0.3 is 0 Å². The molecule has 1 heterocycles. The van der Waals surface area contributed by atoms with Crippen LogP contribution < -0.4 is 0 Å². The molecule has 0 bridgehead atoms. The van der Waals surface area contributed by atoms with E-state index in [9.17, 15) is 8.42 Å². The Morgan fingerprint density at radius 2 is 2.36 bits per heavy atom. The first-order chi connectivity index (χ1) is 6.56. The van der Waals surface area contributed by atoms with Gasteiger partial charge in [-0.1, -0.05) is 4.20 Å². The van der Waals surface area contributed by atoms with E-state index in [1.54, 1.807) is 6.92 Å². The van der Waals surface area contributed by atoms with Gasteiger partial charge in [0.15, 0.2) is 0 Å². The second kappa shape index (κ2) is 4.24. The Bertz CT molecular complexity index is 441. The summed E-state index contributed by atoms with van der Waals surface area (Å²) in [6.07, 6.45) is 7.29. The number of unbranched alkanes of at least 4 members (excludes halogenated alkanes) is 1. The van der Waals surface area contributed by atoms with Gasteiger partial charge in [-0.05, 0) is 13.3 Å². The van der Waals surface area contributed by atoms with E-state index in [-0.39, 0.29) is 5.75 Å². The zero-order valence-corrected chi connectivity index (χ0v) is 8.66. The van der Waals surface area contributed by atoms with E-state index < -0.39 is 10.0 Å². The van der Waals surface area contributed by atoms with Crippen LogP contribution in [0.2, 0.25) is 0 Å². The van der Waals surface area contributed by atoms with Crippen LogP contribution in [0, 0.1) is 19.3 Å². The molecule has 0 saturated heterocycles. The molecule has 1 aromatic rings. The third-order valence-electron chi connectivity index (χ3n) is 1.56. The highest BCUT2D eigenvalue weighted by molar-refractivity contribution is 7.89. The standard InChI is InChI=1S/C8H11N3O2S/c1-3-4-5-6-14(12,13)11-9-7-8(2)10-11/h1,7H,4-6H2,2H3. The quantitative estimate of drug-likeness (QED) is 0.528. The monoisotopic (exact) mass is 213 g/mol. The van der Waals surface area contributed by atoms with Crippen LogP contribution in [0.4, 0.5) is 0 Å². The number of nitrogens with zero attached hydrogens (tertiary/aromatic N) is 3. The van der Waals surface area contributed by atoms with Gasteiger partial charge >= 0.3 is 0 Å². The van der Waals surface area contributed by atoms with Crippen molar-refractivity contribution in [1.29, 1.82) is 0 Å². The molecule has 0 aliphatic carbocycles. The second-order valence-electron chi connectivity index (χ2n) is 2.83. The largest absolute Gasteiger partial charge is 0.269 e. The molecule has 0 saturated carbocycles. The fourth-order valence-corrected chi connectivity index (χ4v) is 2.01. The van der Waals surface area contributed by atoms with E-state index in [1.807, 2.05) is 0 Å². The molecule has 76 valence electrons. The number of aryl methyl sites for hydroxylation is 1. The number of rotatable bonds is 4. The van der Waals surface area contributed by atoms with Gasteiger partial charge in [0.05, 0.1) is 17.6 Å². The fraction of sp³-hybridized carbons (Fsp3) is 0.500. The molecule has 1 aromatic heterocycles. The summed E-state index contributed by atoms with van der Waals surface area (Å²) in [7, 11) is -3.41. The summed E-state index contributed by atoms with van der Waals surface area (Å²) in [5, 5.41) is 7.36. The van der Waals surface area contributed by atoms with Crippen molar-refractivity contribution in [3.8, 4) is 12.3 Å². The smallest absolute Gasteiger partial charge is 0.203 e. The van der Waals surface area contributed by atoms with E-state index in [4.69, 9.17) is 6.42 Å². The summed E-state index contributed by atoms with van der Waals surface area (Å²) >= 11 is 0. The molecular weight excluding hydrogens is 202 g/mol. The normalized spacial score (nSPS) is 11.1. The molecule has 0 unspecified atom stereocenters. The second-order valence-corrected chi connectivity index (χ2v) is 4.73. The van der Waals surface area contributed by atoms with Gasteiger partial charge in [-0.25, -0.2) is 8.42 Å². The Labute approximate surface area is 83.2 Å². The molecule has 0 radical (unpaired) electrons. The number of terminal acetylenes is 1. The van der Waals surface area contributed by atoms with Crippen LogP contribution in [0.3, 0.4) is 0 Å². The zero-order valence-electron chi connectivity index (χ0n) is 7.84. The lowest BCUT2D eigenvalue weighted by Gasteiger charge is -1.99. The maximum Gasteiger partial charge on any atom is 0.269 e. The first kappa shape index (κ1) is 10.7. The maximum atomic E-state index is 11.5. The maximum absolute atomic E-state index is 11.5. The third-order valence-corrected chi connectivity index (χ3v) is 3.04. The van der Waals surface area contributed by atoms with Gasteiger partial charge in [0, 0.05) is 6.42 Å². The molecule has 0 N–H and O–H groups in total. The van der Waals surface area contributed by atoms with Gasteiger partial charge in [0.2, 0.25) is 0 Å². The van der Waals surface area contributed by atoms with Crippen LogP contribution in [-0.2, 0) is 10.0 Å². The average molecular weight is 213 g/mol. The van der Waals surface area contributed by atoms with Gasteiger partial charge in [-0.15, -0.1) is 22.5 Å². The third kappa shape index (κ3) is 2.57. The van der Waals surface area contributed by atoms with Crippen molar-refractivity contribution in [2.24, 2.45) is 0 Å². The molecule has 0 aliphatic heterocycles. The van der Waals surface area contributed by atoms with E-state index in [0.29, 0.717) is 18.5 Å². The number of hydrogen-bond donors (Lipinski definition) is 0. The summed E-state index contributed by atoms with van der Waals surface area (Å²) in [4.78, 5) is 0. The average Bonchev–Trinajstić information content (AvgIpc) is 2.53. The summed E-state index contributed by atoms with van der Waals surface area (Å²) in [5.74, 6) is 2.36. The van der Waals surface area contributed by atoms with E-state index in [1.165, 1.54) is 6.20 Å². The molecule has 6 heteroatoms. The van der Waals surface area contributed by atoms with E-state index in [0.717, 1.165) is 4.20 Å². The van der Waals surface area contributed by atoms with Crippen LogP contribution in [0.25, 0.3) is 0 Å². The van der Waals surface area contributed by atoms with Crippen LogP contribution in [0.1, 0.15) is 18.5 Å². The topological polar surface area (TPSA) is 64.8 Å². The van der Waals surface area contributed by atoms with Crippen molar-refractivity contribution >= 4 is 10.0 Å². The molecule has 5 nitrogen and oxygen atoms in total. The highest BCUT2D eigenvalue weighted by Gasteiger charge is 2.14. The van der Waals surface area contributed by atoms with Crippen LogP contribution in [-0.4, -0.2) is 28.6 Å². The van der Waals surface area contributed by atoms with Crippen molar-refractivity contribution in [3.05, 3.63) is 11.9 Å². The molecule has 0 amide bonds. The molecule has 0 fully saturated rings. The predicted molar refractivity (Wildman–Crippen MR) is 52.0 cm³/mol. The van der Waals surface area contributed by atoms with Crippen LogP contribution in [0.5, 0.6) is 0 Å².